The molecule has 3 rings (SSSR count). The van der Waals surface area contributed by atoms with Crippen molar-refractivity contribution in [3.8, 4) is 17.2 Å². The molecule has 0 bridgehead atoms. The summed E-state index contributed by atoms with van der Waals surface area (Å²) in [6, 6.07) is 15.0. The molecule has 0 saturated carbocycles. The van der Waals surface area contributed by atoms with Crippen LogP contribution in [-0.4, -0.2) is 10.2 Å². The number of benzene rings is 2. The predicted molar refractivity (Wildman–Crippen MR) is 80.3 cm³/mol. The van der Waals surface area contributed by atoms with Gasteiger partial charge in [-0.15, -0.1) is 10.2 Å². The molecular formula is C16H13ClN2O2. The average Bonchev–Trinajstić information content (AvgIpc) is 2.95. The molecule has 0 fully saturated rings. The van der Waals surface area contributed by atoms with Crippen LogP contribution in [0.5, 0.6) is 5.75 Å². The summed E-state index contributed by atoms with van der Waals surface area (Å²) >= 11 is 5.85. The Hall–Kier alpha value is -2.33. The van der Waals surface area contributed by atoms with Gasteiger partial charge in [0.15, 0.2) is 6.61 Å². The molecule has 0 aliphatic rings. The van der Waals surface area contributed by atoms with Gasteiger partial charge in [0.1, 0.15) is 5.75 Å². The average molecular weight is 301 g/mol. The first-order chi connectivity index (χ1) is 10.2. The number of aromatic nitrogens is 2. The lowest BCUT2D eigenvalue weighted by Crippen LogP contribution is -1.95. The number of ether oxygens (including phenoxy) is 1. The van der Waals surface area contributed by atoms with Gasteiger partial charge in [0.05, 0.1) is 0 Å². The molecule has 2 aromatic carbocycles. The van der Waals surface area contributed by atoms with Crippen LogP contribution >= 0.6 is 11.6 Å². The van der Waals surface area contributed by atoms with Crippen LogP contribution in [0.25, 0.3) is 11.5 Å². The number of hydrogen-bond acceptors (Lipinski definition) is 4. The summed E-state index contributed by atoms with van der Waals surface area (Å²) in [5.74, 6) is 1.66. The van der Waals surface area contributed by atoms with Crippen molar-refractivity contribution < 1.29 is 9.15 Å². The third-order valence-corrected chi connectivity index (χ3v) is 3.16. The zero-order chi connectivity index (χ0) is 14.7. The van der Waals surface area contributed by atoms with Crippen LogP contribution in [0.1, 0.15) is 11.5 Å². The van der Waals surface area contributed by atoms with Crippen LogP contribution in [0.3, 0.4) is 0 Å². The fourth-order valence-corrected chi connectivity index (χ4v) is 2.00. The molecule has 0 unspecified atom stereocenters. The van der Waals surface area contributed by atoms with Crippen molar-refractivity contribution in [1.29, 1.82) is 0 Å². The zero-order valence-corrected chi connectivity index (χ0v) is 12.2. The van der Waals surface area contributed by atoms with Crippen LogP contribution in [0.2, 0.25) is 5.02 Å². The van der Waals surface area contributed by atoms with Crippen LogP contribution in [0, 0.1) is 6.92 Å². The van der Waals surface area contributed by atoms with Gasteiger partial charge >= 0.3 is 0 Å². The van der Waals surface area contributed by atoms with E-state index in [9.17, 15) is 0 Å². The van der Waals surface area contributed by atoms with Gasteiger partial charge in [0.2, 0.25) is 5.89 Å². The molecule has 0 N–H and O–H groups in total. The van der Waals surface area contributed by atoms with Crippen molar-refractivity contribution >= 4 is 11.6 Å². The lowest BCUT2D eigenvalue weighted by molar-refractivity contribution is 0.264. The van der Waals surface area contributed by atoms with Gasteiger partial charge in [0.25, 0.3) is 5.89 Å². The maximum Gasteiger partial charge on any atom is 0.254 e. The minimum absolute atomic E-state index is 0.240. The molecule has 1 aromatic heterocycles. The Kier molecular flexibility index (Phi) is 3.88. The molecule has 0 amide bonds. The second kappa shape index (κ2) is 5.97. The molecule has 21 heavy (non-hydrogen) atoms. The second-order valence-electron chi connectivity index (χ2n) is 4.61. The molecule has 0 atom stereocenters. The van der Waals surface area contributed by atoms with Gasteiger partial charge < -0.3 is 9.15 Å². The molecule has 106 valence electrons. The number of hydrogen-bond donors (Lipinski definition) is 0. The lowest BCUT2D eigenvalue weighted by atomic mass is 10.2. The Morgan fingerprint density at radius 3 is 2.67 bits per heavy atom. The van der Waals surface area contributed by atoms with Crippen molar-refractivity contribution in [3.63, 3.8) is 0 Å². The largest absolute Gasteiger partial charge is 0.484 e. The van der Waals surface area contributed by atoms with E-state index < -0.39 is 0 Å². The Bertz CT molecular complexity index is 738. The molecule has 0 saturated heterocycles. The van der Waals surface area contributed by atoms with Gasteiger partial charge in [-0.25, -0.2) is 0 Å². The van der Waals surface area contributed by atoms with Crippen molar-refractivity contribution in [2.45, 2.75) is 13.5 Å². The standard InChI is InChI=1S/C16H13ClN2O2/c1-11-3-2-4-14(9-11)20-10-15-18-19-16(21-15)12-5-7-13(17)8-6-12/h2-9H,10H2,1H3. The Morgan fingerprint density at radius 2 is 1.90 bits per heavy atom. The Labute approximate surface area is 127 Å². The number of halogens is 1. The van der Waals surface area contributed by atoms with Crippen LogP contribution in [0.15, 0.2) is 52.9 Å². The second-order valence-corrected chi connectivity index (χ2v) is 5.05. The number of nitrogens with zero attached hydrogens (tertiary/aromatic N) is 2. The summed E-state index contributed by atoms with van der Waals surface area (Å²) in [5.41, 5.74) is 1.97. The van der Waals surface area contributed by atoms with Crippen molar-refractivity contribution in [3.05, 3.63) is 65.0 Å². The van der Waals surface area contributed by atoms with Gasteiger partial charge in [-0.05, 0) is 48.9 Å². The highest BCUT2D eigenvalue weighted by molar-refractivity contribution is 6.30. The summed E-state index contributed by atoms with van der Waals surface area (Å²) in [5, 5.41) is 8.65. The van der Waals surface area contributed by atoms with Crippen molar-refractivity contribution in [1.82, 2.24) is 10.2 Å². The lowest BCUT2D eigenvalue weighted by Gasteiger charge is -2.03. The highest BCUT2D eigenvalue weighted by Crippen LogP contribution is 2.21. The van der Waals surface area contributed by atoms with Crippen LogP contribution in [-0.2, 0) is 6.61 Å². The topological polar surface area (TPSA) is 48.2 Å². The van der Waals surface area contributed by atoms with Gasteiger partial charge in [-0.2, -0.15) is 0 Å². The third kappa shape index (κ3) is 3.41. The summed E-state index contributed by atoms with van der Waals surface area (Å²) in [6.45, 7) is 2.25. The fourth-order valence-electron chi connectivity index (χ4n) is 1.87. The highest BCUT2D eigenvalue weighted by atomic mass is 35.5. The van der Waals surface area contributed by atoms with Gasteiger partial charge in [-0.3, -0.25) is 0 Å². The van der Waals surface area contributed by atoms with Crippen molar-refractivity contribution in [2.24, 2.45) is 0 Å². The molecule has 3 aromatic rings. The van der Waals surface area contributed by atoms with E-state index in [-0.39, 0.29) is 6.61 Å². The number of rotatable bonds is 4. The quantitative estimate of drug-likeness (QED) is 0.721. The van der Waals surface area contributed by atoms with E-state index in [4.69, 9.17) is 20.8 Å². The molecular weight excluding hydrogens is 288 g/mol. The van der Waals surface area contributed by atoms with Crippen LogP contribution in [0.4, 0.5) is 0 Å². The summed E-state index contributed by atoms with van der Waals surface area (Å²) < 4.78 is 11.2. The predicted octanol–water partition coefficient (Wildman–Crippen LogP) is 4.28. The molecule has 0 radical (unpaired) electrons. The zero-order valence-electron chi connectivity index (χ0n) is 11.4. The summed E-state index contributed by atoms with van der Waals surface area (Å²) in [4.78, 5) is 0. The first kappa shape index (κ1) is 13.6. The first-order valence-corrected chi connectivity index (χ1v) is 6.86. The third-order valence-electron chi connectivity index (χ3n) is 2.91. The van der Waals surface area contributed by atoms with E-state index in [1.807, 2.05) is 43.3 Å². The highest BCUT2D eigenvalue weighted by Gasteiger charge is 2.09. The monoisotopic (exact) mass is 300 g/mol. The maximum atomic E-state index is 5.85. The molecule has 0 spiro atoms. The van der Waals surface area contributed by atoms with Gasteiger partial charge in [-0.1, -0.05) is 23.7 Å². The molecule has 1 heterocycles. The van der Waals surface area contributed by atoms with E-state index in [2.05, 4.69) is 10.2 Å². The summed E-state index contributed by atoms with van der Waals surface area (Å²) in [7, 11) is 0. The molecule has 0 aliphatic heterocycles. The smallest absolute Gasteiger partial charge is 0.254 e. The normalized spacial score (nSPS) is 10.6. The van der Waals surface area contributed by atoms with E-state index in [0.29, 0.717) is 16.8 Å². The number of aryl methyl sites for hydroxylation is 1. The molecule has 5 heteroatoms. The SMILES string of the molecule is Cc1cccc(OCc2nnc(-c3ccc(Cl)cc3)o2)c1. The van der Waals surface area contributed by atoms with Gasteiger partial charge in [0, 0.05) is 10.6 Å². The minimum Gasteiger partial charge on any atom is -0.484 e. The van der Waals surface area contributed by atoms with Crippen LogP contribution < -0.4 is 4.74 Å². The minimum atomic E-state index is 0.240. The summed E-state index contributed by atoms with van der Waals surface area (Å²) in [6.07, 6.45) is 0. The van der Waals surface area contributed by atoms with E-state index >= 15 is 0 Å². The molecule has 0 aliphatic carbocycles. The Balaban J connectivity index is 1.69. The van der Waals surface area contributed by atoms with Crippen molar-refractivity contribution in [2.75, 3.05) is 0 Å². The van der Waals surface area contributed by atoms with E-state index in [1.54, 1.807) is 12.1 Å². The Morgan fingerprint density at radius 1 is 1.10 bits per heavy atom. The maximum absolute atomic E-state index is 5.85. The molecule has 4 nitrogen and oxygen atoms in total. The van der Waals surface area contributed by atoms with E-state index in [0.717, 1.165) is 16.9 Å². The van der Waals surface area contributed by atoms with E-state index in [1.165, 1.54) is 0 Å². The first-order valence-electron chi connectivity index (χ1n) is 6.48. The fraction of sp³-hybridized carbons (Fsp3) is 0.125.